The number of halogens is 4. The third kappa shape index (κ3) is 9.31. The largest absolute Gasteiger partial charge is 0.489 e. The van der Waals surface area contributed by atoms with E-state index in [2.05, 4.69) is 17.6 Å². The van der Waals surface area contributed by atoms with Crippen LogP contribution in [-0.2, 0) is 13.2 Å². The zero-order valence-electron chi connectivity index (χ0n) is 14.8. The quantitative estimate of drug-likeness (QED) is 0.479. The molecule has 0 unspecified atom stereocenters. The molecule has 0 saturated heterocycles. The fourth-order valence-corrected chi connectivity index (χ4v) is 2.63. The van der Waals surface area contributed by atoms with Crippen molar-refractivity contribution >= 4 is 48.0 Å². The zero-order valence-corrected chi connectivity index (χ0v) is 17.9. The van der Waals surface area contributed by atoms with Crippen LogP contribution in [0.1, 0.15) is 24.5 Å². The van der Waals surface area contributed by atoms with Gasteiger partial charge in [-0.3, -0.25) is 0 Å². The molecule has 0 saturated carbocycles. The first-order valence-electron chi connectivity index (χ1n) is 8.26. The summed E-state index contributed by atoms with van der Waals surface area (Å²) in [6, 6.07) is 13.4. The first-order valence-corrected chi connectivity index (χ1v) is 9.01. The lowest BCUT2D eigenvalue weighted by Gasteiger charge is -2.13. The van der Waals surface area contributed by atoms with Gasteiger partial charge in [-0.25, -0.2) is 0 Å². The molecular weight excluding hydrogens is 414 g/mol. The molecule has 2 aromatic carbocycles. The number of ether oxygens (including phenoxy) is 1. The van der Waals surface area contributed by atoms with Gasteiger partial charge in [0.1, 0.15) is 12.4 Å². The minimum atomic E-state index is 0. The summed E-state index contributed by atoms with van der Waals surface area (Å²) in [5.74, 6) is 0.855. The molecule has 0 heterocycles. The van der Waals surface area contributed by atoms with Gasteiger partial charge in [-0.2, -0.15) is 0 Å². The van der Waals surface area contributed by atoms with E-state index in [1.807, 2.05) is 42.5 Å². The Balaban J connectivity index is 0.00000312. The third-order valence-corrected chi connectivity index (χ3v) is 4.09. The molecule has 0 spiro atoms. The minimum Gasteiger partial charge on any atom is -0.489 e. The summed E-state index contributed by atoms with van der Waals surface area (Å²) in [5, 5.41) is 8.20. The Morgan fingerprint density at radius 3 is 2.23 bits per heavy atom. The van der Waals surface area contributed by atoms with Crippen LogP contribution in [0.25, 0.3) is 0 Å². The summed E-state index contributed by atoms with van der Waals surface area (Å²) in [4.78, 5) is 0. The van der Waals surface area contributed by atoms with Gasteiger partial charge in [0.25, 0.3) is 0 Å². The Kier molecular flexibility index (Phi) is 14.0. The second-order valence-corrected chi connectivity index (χ2v) is 6.42. The highest BCUT2D eigenvalue weighted by molar-refractivity contribution is 6.30. The molecule has 26 heavy (non-hydrogen) atoms. The van der Waals surface area contributed by atoms with E-state index in [0.29, 0.717) is 6.61 Å². The van der Waals surface area contributed by atoms with Gasteiger partial charge in [-0.15, -0.1) is 24.8 Å². The molecule has 0 bridgehead atoms. The number of benzene rings is 2. The molecule has 0 aromatic heterocycles. The van der Waals surface area contributed by atoms with E-state index in [4.69, 9.17) is 27.9 Å². The predicted molar refractivity (Wildman–Crippen MR) is 117 cm³/mol. The van der Waals surface area contributed by atoms with Gasteiger partial charge in [0.05, 0.1) is 0 Å². The molecule has 2 rings (SSSR count). The molecule has 2 N–H and O–H groups in total. The topological polar surface area (TPSA) is 33.3 Å². The van der Waals surface area contributed by atoms with Crippen LogP contribution in [0.15, 0.2) is 42.5 Å². The van der Waals surface area contributed by atoms with Crippen LogP contribution in [0, 0.1) is 0 Å². The first-order chi connectivity index (χ1) is 11.7. The summed E-state index contributed by atoms with van der Waals surface area (Å²) in [6.45, 7) is 6.35. The Morgan fingerprint density at radius 1 is 0.885 bits per heavy atom. The molecule has 0 fully saturated rings. The van der Waals surface area contributed by atoms with Gasteiger partial charge >= 0.3 is 0 Å². The van der Waals surface area contributed by atoms with Crippen LogP contribution in [0.2, 0.25) is 10.0 Å². The molecule has 0 atom stereocenters. The molecule has 0 aliphatic rings. The highest BCUT2D eigenvalue weighted by atomic mass is 35.5. The summed E-state index contributed by atoms with van der Waals surface area (Å²) in [7, 11) is 0. The fourth-order valence-electron chi connectivity index (χ4n) is 2.31. The van der Waals surface area contributed by atoms with Gasteiger partial charge < -0.3 is 15.4 Å². The highest BCUT2D eigenvalue weighted by Gasteiger charge is 2.05. The summed E-state index contributed by atoms with van der Waals surface area (Å²) >= 11 is 12.0. The highest BCUT2D eigenvalue weighted by Crippen LogP contribution is 2.24. The van der Waals surface area contributed by atoms with E-state index in [-0.39, 0.29) is 24.8 Å². The number of hydrogen-bond acceptors (Lipinski definition) is 3. The van der Waals surface area contributed by atoms with Crippen molar-refractivity contribution in [3.63, 3.8) is 0 Å². The van der Waals surface area contributed by atoms with Crippen LogP contribution in [-0.4, -0.2) is 19.6 Å². The van der Waals surface area contributed by atoms with Gasteiger partial charge in [-0.05, 0) is 62.0 Å². The average molecular weight is 440 g/mol. The monoisotopic (exact) mass is 438 g/mol. The molecule has 7 heteroatoms. The zero-order chi connectivity index (χ0) is 17.2. The van der Waals surface area contributed by atoms with E-state index in [1.165, 1.54) is 0 Å². The van der Waals surface area contributed by atoms with Gasteiger partial charge in [-0.1, -0.05) is 42.3 Å². The van der Waals surface area contributed by atoms with Crippen molar-refractivity contribution in [1.82, 2.24) is 10.6 Å². The van der Waals surface area contributed by atoms with Gasteiger partial charge in [0.15, 0.2) is 0 Å². The maximum atomic E-state index is 6.12. The van der Waals surface area contributed by atoms with Crippen molar-refractivity contribution in [1.29, 1.82) is 0 Å². The van der Waals surface area contributed by atoms with Gasteiger partial charge in [0, 0.05) is 22.2 Å². The molecule has 146 valence electrons. The third-order valence-electron chi connectivity index (χ3n) is 3.60. The summed E-state index contributed by atoms with van der Waals surface area (Å²) in [6.07, 6.45) is 1.09. The van der Waals surface area contributed by atoms with Crippen LogP contribution < -0.4 is 15.4 Å². The van der Waals surface area contributed by atoms with E-state index < -0.39 is 0 Å². The lowest BCUT2D eigenvalue weighted by Crippen LogP contribution is -2.21. The number of hydrogen-bond donors (Lipinski definition) is 2. The Bertz CT molecular complexity index is 623. The molecule has 0 radical (unpaired) electrons. The smallest absolute Gasteiger partial charge is 0.124 e. The van der Waals surface area contributed by atoms with Crippen LogP contribution in [0.4, 0.5) is 0 Å². The van der Waals surface area contributed by atoms with Crippen molar-refractivity contribution in [3.8, 4) is 5.75 Å². The predicted octanol–water partition coefficient (Wildman–Crippen LogP) is 5.51. The second kappa shape index (κ2) is 14.4. The van der Waals surface area contributed by atoms with Crippen LogP contribution in [0.5, 0.6) is 5.75 Å². The van der Waals surface area contributed by atoms with E-state index in [9.17, 15) is 0 Å². The number of rotatable bonds is 10. The maximum Gasteiger partial charge on any atom is 0.124 e. The molecule has 0 aliphatic carbocycles. The standard InChI is InChI=1S/C19H24Cl2N2O.2ClH/c1-2-22-10-3-11-23-13-16-12-18(21)8-9-19(16)24-14-15-4-6-17(20)7-5-15;;/h4-9,12,22-23H,2-3,10-11,13-14H2,1H3;2*1H. The van der Waals surface area contributed by atoms with E-state index in [1.54, 1.807) is 0 Å². The average Bonchev–Trinajstić information content (AvgIpc) is 2.58. The summed E-state index contributed by atoms with van der Waals surface area (Å²) < 4.78 is 5.96. The molecule has 0 amide bonds. The second-order valence-electron chi connectivity index (χ2n) is 5.55. The molecule has 2 aromatic rings. The van der Waals surface area contributed by atoms with Crippen LogP contribution in [0.3, 0.4) is 0 Å². The van der Waals surface area contributed by atoms with E-state index >= 15 is 0 Å². The van der Waals surface area contributed by atoms with E-state index in [0.717, 1.165) is 59.5 Å². The molecule has 0 aliphatic heterocycles. The van der Waals surface area contributed by atoms with Crippen molar-refractivity contribution < 1.29 is 4.74 Å². The Morgan fingerprint density at radius 2 is 1.54 bits per heavy atom. The van der Waals surface area contributed by atoms with Crippen LogP contribution >= 0.6 is 48.0 Å². The SMILES string of the molecule is CCNCCCNCc1cc(Cl)ccc1OCc1ccc(Cl)cc1.Cl.Cl. The molecular formula is C19H26Cl4N2O. The lowest BCUT2D eigenvalue weighted by atomic mass is 10.2. The summed E-state index contributed by atoms with van der Waals surface area (Å²) in [5.41, 5.74) is 2.15. The van der Waals surface area contributed by atoms with Crippen molar-refractivity contribution in [3.05, 3.63) is 63.6 Å². The Labute approximate surface area is 178 Å². The van der Waals surface area contributed by atoms with Crippen molar-refractivity contribution in [2.75, 3.05) is 19.6 Å². The first kappa shape index (κ1) is 25.3. The molecule has 3 nitrogen and oxygen atoms in total. The fraction of sp³-hybridized carbons (Fsp3) is 0.368. The van der Waals surface area contributed by atoms with Crippen molar-refractivity contribution in [2.45, 2.75) is 26.5 Å². The Hall–Kier alpha value is -0.680. The minimum absolute atomic E-state index is 0. The van der Waals surface area contributed by atoms with Crippen molar-refractivity contribution in [2.24, 2.45) is 0 Å². The normalized spacial score (nSPS) is 9.96. The van der Waals surface area contributed by atoms with Gasteiger partial charge in [0.2, 0.25) is 0 Å². The maximum absolute atomic E-state index is 6.12. The lowest BCUT2D eigenvalue weighted by molar-refractivity contribution is 0.302. The number of nitrogens with one attached hydrogen (secondary N) is 2.